The molecular weight excluding hydrogens is 339 g/mol. The molecule has 0 unspecified atom stereocenters. The number of carbonyl (C=O) groups is 2. The van der Waals surface area contributed by atoms with E-state index in [1.165, 1.54) is 0 Å². The predicted molar refractivity (Wildman–Crippen MR) is 89.9 cm³/mol. The molecule has 1 heterocycles. The summed E-state index contributed by atoms with van der Waals surface area (Å²) in [5, 5.41) is 2.92. The highest BCUT2D eigenvalue weighted by molar-refractivity contribution is 6.53. The molecule has 1 saturated heterocycles. The molecule has 126 valence electrons. The normalized spacial score (nSPS) is 15.6. The summed E-state index contributed by atoms with van der Waals surface area (Å²) in [4.78, 5) is 24.2. The first-order valence-corrected chi connectivity index (χ1v) is 8.39. The number of likely N-dealkylation sites (tertiary alicyclic amines) is 1. The molecule has 0 aromatic heterocycles. The number of piperidine rings is 1. The van der Waals surface area contributed by atoms with Crippen LogP contribution in [0.4, 0.5) is 0 Å². The Morgan fingerprint density at radius 3 is 2.43 bits per heavy atom. The maximum Gasteiger partial charge on any atom is 0.258 e. The predicted octanol–water partition coefficient (Wildman–Crippen LogP) is 2.28. The van der Waals surface area contributed by atoms with Crippen LogP contribution in [0.15, 0.2) is 24.3 Å². The van der Waals surface area contributed by atoms with Gasteiger partial charge in [-0.05, 0) is 31.9 Å². The third-order valence-corrected chi connectivity index (χ3v) is 4.12. The minimum Gasteiger partial charge on any atom is -0.484 e. The first-order chi connectivity index (χ1) is 11.0. The number of hydrogen-bond acceptors (Lipinski definition) is 3. The summed E-state index contributed by atoms with van der Waals surface area (Å²) in [7, 11) is 0. The minimum atomic E-state index is -1.02. The van der Waals surface area contributed by atoms with Crippen molar-refractivity contribution in [2.75, 3.05) is 19.7 Å². The molecule has 2 rings (SSSR count). The van der Waals surface area contributed by atoms with Crippen LogP contribution in [0.2, 0.25) is 0 Å². The summed E-state index contributed by atoms with van der Waals surface area (Å²) in [6.45, 7) is 3.05. The third kappa shape index (κ3) is 5.59. The Hall–Kier alpha value is -1.46. The van der Waals surface area contributed by atoms with Gasteiger partial charge in [-0.3, -0.25) is 9.59 Å². The van der Waals surface area contributed by atoms with E-state index in [0.717, 1.165) is 5.56 Å². The average Bonchev–Trinajstić information content (AvgIpc) is 2.54. The summed E-state index contributed by atoms with van der Waals surface area (Å²) >= 11 is 11.2. The van der Waals surface area contributed by atoms with Gasteiger partial charge in [-0.1, -0.05) is 40.9 Å². The topological polar surface area (TPSA) is 58.6 Å². The fourth-order valence-electron chi connectivity index (χ4n) is 2.43. The molecule has 1 N–H and O–H groups in total. The van der Waals surface area contributed by atoms with E-state index >= 15 is 0 Å². The number of benzene rings is 1. The molecule has 1 fully saturated rings. The van der Waals surface area contributed by atoms with Gasteiger partial charge >= 0.3 is 0 Å². The number of rotatable bonds is 5. The van der Waals surface area contributed by atoms with Gasteiger partial charge in [0.1, 0.15) is 5.75 Å². The van der Waals surface area contributed by atoms with E-state index in [1.54, 1.807) is 4.90 Å². The second kappa shape index (κ2) is 8.41. The lowest BCUT2D eigenvalue weighted by Crippen LogP contribution is -2.48. The van der Waals surface area contributed by atoms with Crippen LogP contribution in [0.1, 0.15) is 18.4 Å². The van der Waals surface area contributed by atoms with Gasteiger partial charge in [-0.15, -0.1) is 0 Å². The van der Waals surface area contributed by atoms with Crippen LogP contribution in [-0.4, -0.2) is 47.3 Å². The maximum atomic E-state index is 11.9. The summed E-state index contributed by atoms with van der Waals surface area (Å²) in [5.41, 5.74) is 1.14. The highest BCUT2D eigenvalue weighted by Crippen LogP contribution is 2.15. The lowest BCUT2D eigenvalue weighted by Gasteiger charge is -2.32. The number of carbonyl (C=O) groups excluding carboxylic acids is 2. The number of ether oxygens (including phenoxy) is 1. The van der Waals surface area contributed by atoms with Gasteiger partial charge < -0.3 is 15.0 Å². The Morgan fingerprint density at radius 1 is 1.26 bits per heavy atom. The lowest BCUT2D eigenvalue weighted by molar-refractivity contribution is -0.130. The molecule has 0 aliphatic carbocycles. The Morgan fingerprint density at radius 2 is 1.87 bits per heavy atom. The fraction of sp³-hybridized carbons (Fsp3) is 0.500. The van der Waals surface area contributed by atoms with E-state index in [9.17, 15) is 9.59 Å². The van der Waals surface area contributed by atoms with E-state index in [-0.39, 0.29) is 24.5 Å². The van der Waals surface area contributed by atoms with Gasteiger partial charge in [-0.25, -0.2) is 0 Å². The molecule has 23 heavy (non-hydrogen) atoms. The van der Waals surface area contributed by atoms with Crippen LogP contribution in [-0.2, 0) is 9.59 Å². The summed E-state index contributed by atoms with van der Waals surface area (Å²) in [5.74, 6) is 0.227. The monoisotopic (exact) mass is 358 g/mol. The van der Waals surface area contributed by atoms with Crippen LogP contribution in [0.5, 0.6) is 5.75 Å². The number of amides is 2. The molecule has 0 atom stereocenters. The Labute approximate surface area is 145 Å². The van der Waals surface area contributed by atoms with Crippen molar-refractivity contribution in [2.24, 2.45) is 0 Å². The van der Waals surface area contributed by atoms with E-state index < -0.39 is 4.84 Å². The van der Waals surface area contributed by atoms with Crippen molar-refractivity contribution in [3.8, 4) is 5.75 Å². The van der Waals surface area contributed by atoms with Crippen LogP contribution in [0, 0.1) is 6.92 Å². The van der Waals surface area contributed by atoms with Crippen LogP contribution in [0.25, 0.3) is 0 Å². The zero-order valence-electron chi connectivity index (χ0n) is 12.9. The van der Waals surface area contributed by atoms with Crippen LogP contribution in [0.3, 0.4) is 0 Å². The summed E-state index contributed by atoms with van der Waals surface area (Å²) in [6.07, 6.45) is 1.37. The van der Waals surface area contributed by atoms with Crippen molar-refractivity contribution < 1.29 is 14.3 Å². The molecule has 2 amide bonds. The molecule has 0 saturated carbocycles. The largest absolute Gasteiger partial charge is 0.484 e. The van der Waals surface area contributed by atoms with E-state index in [1.807, 2.05) is 31.2 Å². The average molecular weight is 359 g/mol. The standard InChI is InChI=1S/C16H20Cl2N2O3/c1-11-2-4-13(5-3-11)23-10-14(21)19-12-6-8-20(9-7-12)16(22)15(17)18/h2-5,12,15H,6-10H2,1H3,(H,19,21). The van der Waals surface area contributed by atoms with Gasteiger partial charge in [0.05, 0.1) is 0 Å². The second-order valence-corrected chi connectivity index (χ2v) is 6.67. The maximum absolute atomic E-state index is 11.9. The van der Waals surface area contributed by atoms with Gasteiger partial charge in [0.25, 0.3) is 11.8 Å². The zero-order chi connectivity index (χ0) is 16.8. The molecule has 1 aliphatic heterocycles. The zero-order valence-corrected chi connectivity index (χ0v) is 14.4. The van der Waals surface area contributed by atoms with Crippen molar-refractivity contribution in [2.45, 2.75) is 30.6 Å². The quantitative estimate of drug-likeness (QED) is 0.821. The molecule has 7 heteroatoms. The minimum absolute atomic E-state index is 0.0202. The molecule has 1 aliphatic rings. The number of aryl methyl sites for hydroxylation is 1. The fourth-order valence-corrected chi connectivity index (χ4v) is 2.71. The molecular formula is C16H20Cl2N2O3. The molecule has 0 bridgehead atoms. The smallest absolute Gasteiger partial charge is 0.258 e. The van der Waals surface area contributed by atoms with Crippen LogP contribution < -0.4 is 10.1 Å². The van der Waals surface area contributed by atoms with E-state index in [2.05, 4.69) is 5.32 Å². The SMILES string of the molecule is Cc1ccc(OCC(=O)NC2CCN(C(=O)C(Cl)Cl)CC2)cc1. The molecule has 0 radical (unpaired) electrons. The Bertz CT molecular complexity index is 541. The lowest BCUT2D eigenvalue weighted by atomic mass is 10.1. The third-order valence-electron chi connectivity index (χ3n) is 3.75. The first-order valence-electron chi connectivity index (χ1n) is 7.51. The van der Waals surface area contributed by atoms with Gasteiger partial charge in [0.2, 0.25) is 0 Å². The Kier molecular flexibility index (Phi) is 6.54. The molecule has 1 aromatic rings. The number of nitrogens with one attached hydrogen (secondary N) is 1. The van der Waals surface area contributed by atoms with E-state index in [4.69, 9.17) is 27.9 Å². The first kappa shape index (κ1) is 17.9. The molecule has 5 nitrogen and oxygen atoms in total. The number of halogens is 2. The number of hydrogen-bond donors (Lipinski definition) is 1. The van der Waals surface area contributed by atoms with Gasteiger partial charge in [-0.2, -0.15) is 0 Å². The van der Waals surface area contributed by atoms with Crippen molar-refractivity contribution in [3.05, 3.63) is 29.8 Å². The highest BCUT2D eigenvalue weighted by Gasteiger charge is 2.26. The van der Waals surface area contributed by atoms with E-state index in [0.29, 0.717) is 31.7 Å². The van der Waals surface area contributed by atoms with Crippen molar-refractivity contribution in [1.29, 1.82) is 0 Å². The van der Waals surface area contributed by atoms with Crippen LogP contribution >= 0.6 is 23.2 Å². The highest BCUT2D eigenvalue weighted by atomic mass is 35.5. The summed E-state index contributed by atoms with van der Waals surface area (Å²) in [6, 6.07) is 7.57. The number of nitrogens with zero attached hydrogens (tertiary/aromatic N) is 1. The summed E-state index contributed by atoms with van der Waals surface area (Å²) < 4.78 is 5.44. The van der Waals surface area contributed by atoms with Gasteiger partial charge in [0.15, 0.2) is 11.4 Å². The molecule has 1 aromatic carbocycles. The Balaban J connectivity index is 1.70. The van der Waals surface area contributed by atoms with Crippen molar-refractivity contribution in [1.82, 2.24) is 10.2 Å². The van der Waals surface area contributed by atoms with Crippen molar-refractivity contribution in [3.63, 3.8) is 0 Å². The molecule has 0 spiro atoms. The van der Waals surface area contributed by atoms with Gasteiger partial charge in [0, 0.05) is 19.1 Å². The second-order valence-electron chi connectivity index (χ2n) is 5.57. The van der Waals surface area contributed by atoms with Crippen molar-refractivity contribution >= 4 is 35.0 Å². The number of alkyl halides is 2.